The Morgan fingerprint density at radius 3 is 2.00 bits per heavy atom. The van der Waals surface area contributed by atoms with Gasteiger partial charge in [-0.05, 0) is 27.2 Å². The SMILES string of the molecule is CCC(CN)(C(=O)OBr)C(=O)OC(C)(C)C. The first kappa shape index (κ1) is 15.4. The summed E-state index contributed by atoms with van der Waals surface area (Å²) in [6.07, 6.45) is 0.225. The van der Waals surface area contributed by atoms with Crippen LogP contribution in [0.15, 0.2) is 0 Å². The highest BCUT2D eigenvalue weighted by Gasteiger charge is 2.47. The molecule has 1 atom stereocenters. The van der Waals surface area contributed by atoms with Gasteiger partial charge in [0, 0.05) is 6.54 Å². The van der Waals surface area contributed by atoms with Gasteiger partial charge in [-0.15, -0.1) is 0 Å². The molecular weight excluding hydrogens is 278 g/mol. The Morgan fingerprint density at radius 2 is 1.75 bits per heavy atom. The van der Waals surface area contributed by atoms with Gasteiger partial charge in [-0.3, -0.25) is 4.79 Å². The topological polar surface area (TPSA) is 78.6 Å². The van der Waals surface area contributed by atoms with Crippen LogP contribution in [-0.4, -0.2) is 24.1 Å². The third-order valence-corrected chi connectivity index (χ3v) is 2.50. The first-order valence-electron chi connectivity index (χ1n) is 5.00. The smallest absolute Gasteiger partial charge is 0.336 e. The molecule has 6 heteroatoms. The molecule has 0 heterocycles. The van der Waals surface area contributed by atoms with Gasteiger partial charge in [0.25, 0.3) is 0 Å². The highest BCUT2D eigenvalue weighted by molar-refractivity contribution is 9.06. The third kappa shape index (κ3) is 3.45. The minimum atomic E-state index is -1.43. The molecule has 2 N–H and O–H groups in total. The van der Waals surface area contributed by atoms with Crippen molar-refractivity contribution >= 4 is 28.2 Å². The number of rotatable bonds is 4. The summed E-state index contributed by atoms with van der Waals surface area (Å²) >= 11 is 2.57. The summed E-state index contributed by atoms with van der Waals surface area (Å²) in [5, 5.41) is 0. The minimum Gasteiger partial charge on any atom is -0.459 e. The number of halogens is 1. The predicted octanol–water partition coefficient (Wildman–Crippen LogP) is 1.54. The van der Waals surface area contributed by atoms with Crippen molar-refractivity contribution in [3.63, 3.8) is 0 Å². The summed E-state index contributed by atoms with van der Waals surface area (Å²) in [7, 11) is 0. The molecule has 0 saturated heterocycles. The van der Waals surface area contributed by atoms with Crippen molar-refractivity contribution in [1.29, 1.82) is 0 Å². The number of carbonyl (C=O) groups excluding carboxylic acids is 2. The number of hydrogen-bond donors (Lipinski definition) is 1. The number of nitrogens with two attached hydrogens (primary N) is 1. The van der Waals surface area contributed by atoms with E-state index in [1.165, 1.54) is 0 Å². The Morgan fingerprint density at radius 1 is 1.25 bits per heavy atom. The lowest BCUT2D eigenvalue weighted by Crippen LogP contribution is -2.48. The van der Waals surface area contributed by atoms with Crippen LogP contribution in [0, 0.1) is 5.41 Å². The van der Waals surface area contributed by atoms with Crippen LogP contribution in [-0.2, 0) is 18.2 Å². The van der Waals surface area contributed by atoms with Gasteiger partial charge in [-0.2, -0.15) is 0 Å². The van der Waals surface area contributed by atoms with Gasteiger partial charge in [0.1, 0.15) is 5.60 Å². The highest BCUT2D eigenvalue weighted by atomic mass is 79.9. The molecule has 0 bridgehead atoms. The number of esters is 1. The zero-order chi connectivity index (χ0) is 13.0. The third-order valence-electron chi connectivity index (χ3n) is 2.20. The average molecular weight is 296 g/mol. The second kappa shape index (κ2) is 5.63. The molecule has 94 valence electrons. The maximum atomic E-state index is 11.9. The van der Waals surface area contributed by atoms with Gasteiger partial charge in [-0.1, -0.05) is 6.92 Å². The van der Waals surface area contributed by atoms with Crippen molar-refractivity contribution < 1.29 is 18.2 Å². The maximum absolute atomic E-state index is 11.9. The molecular formula is C10H18BrNO4. The quantitative estimate of drug-likeness (QED) is 0.629. The van der Waals surface area contributed by atoms with Crippen molar-refractivity contribution in [1.82, 2.24) is 0 Å². The molecule has 0 fully saturated rings. The van der Waals surface area contributed by atoms with E-state index in [4.69, 9.17) is 10.5 Å². The number of hydrogen-bond acceptors (Lipinski definition) is 5. The molecule has 0 aliphatic rings. The summed E-state index contributed by atoms with van der Waals surface area (Å²) < 4.78 is 9.59. The van der Waals surface area contributed by atoms with Crippen LogP contribution in [0.25, 0.3) is 0 Å². The van der Waals surface area contributed by atoms with Crippen LogP contribution >= 0.6 is 16.3 Å². The highest BCUT2D eigenvalue weighted by Crippen LogP contribution is 2.27. The molecule has 0 saturated carbocycles. The number of ether oxygens (including phenoxy) is 1. The molecule has 0 aromatic heterocycles. The first-order chi connectivity index (χ1) is 7.23. The second-order valence-corrected chi connectivity index (χ2v) is 4.83. The lowest BCUT2D eigenvalue weighted by molar-refractivity contribution is -0.174. The van der Waals surface area contributed by atoms with Gasteiger partial charge in [-0.25, -0.2) is 4.79 Å². The number of carbonyl (C=O) groups is 2. The normalized spacial score (nSPS) is 15.1. The lowest BCUT2D eigenvalue weighted by Gasteiger charge is -2.29. The van der Waals surface area contributed by atoms with Gasteiger partial charge in [0.05, 0.1) is 0 Å². The van der Waals surface area contributed by atoms with E-state index in [1.54, 1.807) is 27.7 Å². The maximum Gasteiger partial charge on any atom is 0.336 e. The molecule has 0 rings (SSSR count). The Labute approximate surface area is 104 Å². The molecule has 0 aromatic carbocycles. The fourth-order valence-electron chi connectivity index (χ4n) is 1.13. The van der Waals surface area contributed by atoms with Crippen LogP contribution in [0.1, 0.15) is 34.1 Å². The van der Waals surface area contributed by atoms with Crippen LogP contribution in [0.4, 0.5) is 0 Å². The van der Waals surface area contributed by atoms with Crippen molar-refractivity contribution in [2.75, 3.05) is 6.54 Å². The standard InChI is InChI=1S/C10H18BrNO4/c1-5-10(6-12,8(14)16-11)7(13)15-9(2,3)4/h5-6,12H2,1-4H3. The van der Waals surface area contributed by atoms with Crippen molar-refractivity contribution in [2.45, 2.75) is 39.7 Å². The van der Waals surface area contributed by atoms with Gasteiger partial charge < -0.3 is 14.3 Å². The van der Waals surface area contributed by atoms with E-state index in [1.807, 2.05) is 0 Å². The van der Waals surface area contributed by atoms with E-state index in [0.29, 0.717) is 0 Å². The molecule has 0 amide bonds. The zero-order valence-corrected chi connectivity index (χ0v) is 11.6. The summed E-state index contributed by atoms with van der Waals surface area (Å²) in [6.45, 7) is 6.70. The summed E-state index contributed by atoms with van der Waals surface area (Å²) in [5.41, 5.74) is 3.39. The summed E-state index contributed by atoms with van der Waals surface area (Å²) in [6, 6.07) is 0. The Hall–Kier alpha value is -0.620. The Balaban J connectivity index is 5.05. The van der Waals surface area contributed by atoms with Gasteiger partial charge in [0.15, 0.2) is 21.7 Å². The van der Waals surface area contributed by atoms with E-state index in [2.05, 4.69) is 20.1 Å². The predicted molar refractivity (Wildman–Crippen MR) is 62.6 cm³/mol. The largest absolute Gasteiger partial charge is 0.459 e. The summed E-state index contributed by atoms with van der Waals surface area (Å²) in [4.78, 5) is 23.5. The monoisotopic (exact) mass is 295 g/mol. The molecule has 16 heavy (non-hydrogen) atoms. The molecule has 0 aliphatic heterocycles. The van der Waals surface area contributed by atoms with E-state index in [-0.39, 0.29) is 13.0 Å². The Kier molecular flexibility index (Phi) is 5.41. The van der Waals surface area contributed by atoms with E-state index >= 15 is 0 Å². The summed E-state index contributed by atoms with van der Waals surface area (Å²) in [5.74, 6) is -1.39. The first-order valence-corrected chi connectivity index (χ1v) is 5.64. The van der Waals surface area contributed by atoms with E-state index in [9.17, 15) is 9.59 Å². The van der Waals surface area contributed by atoms with Crippen LogP contribution < -0.4 is 5.73 Å². The molecule has 0 aliphatic carbocycles. The van der Waals surface area contributed by atoms with Crippen LogP contribution in [0.2, 0.25) is 0 Å². The van der Waals surface area contributed by atoms with Crippen molar-refractivity contribution in [3.05, 3.63) is 0 Å². The van der Waals surface area contributed by atoms with Crippen molar-refractivity contribution in [2.24, 2.45) is 11.1 Å². The van der Waals surface area contributed by atoms with Crippen LogP contribution in [0.5, 0.6) is 0 Å². The Bertz CT molecular complexity index is 268. The minimum absolute atomic E-state index is 0.150. The van der Waals surface area contributed by atoms with E-state index < -0.39 is 23.0 Å². The second-order valence-electron chi connectivity index (χ2n) is 4.51. The molecule has 0 radical (unpaired) electrons. The van der Waals surface area contributed by atoms with Gasteiger partial charge in [0.2, 0.25) is 0 Å². The van der Waals surface area contributed by atoms with Crippen molar-refractivity contribution in [3.8, 4) is 0 Å². The van der Waals surface area contributed by atoms with E-state index in [0.717, 1.165) is 0 Å². The van der Waals surface area contributed by atoms with Crippen LogP contribution in [0.3, 0.4) is 0 Å². The zero-order valence-electron chi connectivity index (χ0n) is 10.0. The lowest BCUT2D eigenvalue weighted by atomic mass is 9.85. The molecule has 5 nitrogen and oxygen atoms in total. The molecule has 0 aromatic rings. The van der Waals surface area contributed by atoms with Gasteiger partial charge >= 0.3 is 11.9 Å². The molecule has 1 unspecified atom stereocenters. The fraction of sp³-hybridized carbons (Fsp3) is 0.800. The fourth-order valence-corrected chi connectivity index (χ4v) is 1.44. The molecule has 0 spiro atoms. The average Bonchev–Trinajstić information content (AvgIpc) is 2.17.